The SMILES string of the molecule is C[C@]1([C@@H]2Cc3ccccc3C(=O)O2)Nc2ccccc2C(c2ccccc2)(c2ccccc2)O1. The minimum absolute atomic E-state index is 0.317. The third-order valence-electron chi connectivity index (χ3n) is 6.92. The first-order chi connectivity index (χ1) is 16.6. The van der Waals surface area contributed by atoms with Crippen molar-refractivity contribution in [3.05, 3.63) is 137 Å². The summed E-state index contributed by atoms with van der Waals surface area (Å²) < 4.78 is 13.2. The van der Waals surface area contributed by atoms with Gasteiger partial charge in [-0.1, -0.05) is 97.1 Å². The minimum Gasteiger partial charge on any atom is -0.453 e. The van der Waals surface area contributed by atoms with Crippen LogP contribution in [-0.2, 0) is 21.5 Å². The normalized spacial score (nSPS) is 22.6. The van der Waals surface area contributed by atoms with Crippen molar-refractivity contribution < 1.29 is 14.3 Å². The van der Waals surface area contributed by atoms with E-state index in [0.29, 0.717) is 12.0 Å². The fourth-order valence-electron chi connectivity index (χ4n) is 5.29. The Morgan fingerprint density at radius 3 is 2.06 bits per heavy atom. The summed E-state index contributed by atoms with van der Waals surface area (Å²) in [4.78, 5) is 12.9. The molecule has 1 N–H and O–H groups in total. The van der Waals surface area contributed by atoms with Gasteiger partial charge in [0.05, 0.1) is 5.56 Å². The molecule has 34 heavy (non-hydrogen) atoms. The highest BCUT2D eigenvalue weighted by Gasteiger charge is 2.53. The van der Waals surface area contributed by atoms with Crippen LogP contribution in [0.5, 0.6) is 0 Å². The zero-order chi connectivity index (χ0) is 23.2. The second-order valence-electron chi connectivity index (χ2n) is 9.05. The molecule has 0 aliphatic carbocycles. The molecule has 4 nitrogen and oxygen atoms in total. The van der Waals surface area contributed by atoms with Gasteiger partial charge in [-0.3, -0.25) is 0 Å². The molecule has 2 aliphatic heterocycles. The molecule has 2 atom stereocenters. The number of carbonyl (C=O) groups excluding carboxylic acids is 1. The van der Waals surface area contributed by atoms with E-state index in [2.05, 4.69) is 41.7 Å². The number of rotatable bonds is 3. The van der Waals surface area contributed by atoms with Gasteiger partial charge in [0.1, 0.15) is 5.60 Å². The largest absolute Gasteiger partial charge is 0.453 e. The second-order valence-corrected chi connectivity index (χ2v) is 9.05. The zero-order valence-corrected chi connectivity index (χ0v) is 18.9. The quantitative estimate of drug-likeness (QED) is 0.396. The lowest BCUT2D eigenvalue weighted by Gasteiger charge is -2.52. The van der Waals surface area contributed by atoms with Gasteiger partial charge in [0, 0.05) is 17.7 Å². The molecule has 4 aromatic rings. The average Bonchev–Trinajstić information content (AvgIpc) is 2.89. The lowest BCUT2D eigenvalue weighted by Crippen LogP contribution is -2.60. The standard InChI is InChI=1S/C30H25NO3/c1-29(27-20-21-12-8-9-17-24(21)28(32)33-27)31-26-19-11-10-18-25(26)30(34-29,22-13-4-2-5-14-22)23-15-6-3-7-16-23/h2-19,27,31H,20H2,1H3/t27-,29-/m0/s1. The van der Waals surface area contributed by atoms with E-state index in [-0.39, 0.29) is 5.97 Å². The van der Waals surface area contributed by atoms with E-state index < -0.39 is 17.4 Å². The van der Waals surface area contributed by atoms with Crippen LogP contribution in [0.15, 0.2) is 109 Å². The number of ether oxygens (including phenoxy) is 2. The molecule has 2 heterocycles. The average molecular weight is 448 g/mol. The number of fused-ring (bicyclic) bond motifs is 2. The second kappa shape index (κ2) is 7.86. The van der Waals surface area contributed by atoms with E-state index in [4.69, 9.17) is 9.47 Å². The van der Waals surface area contributed by atoms with E-state index in [1.54, 1.807) is 0 Å². The summed E-state index contributed by atoms with van der Waals surface area (Å²) in [5, 5.41) is 3.59. The lowest BCUT2D eigenvalue weighted by atomic mass is 9.77. The maximum atomic E-state index is 12.9. The number of benzene rings is 4. The maximum Gasteiger partial charge on any atom is 0.338 e. The zero-order valence-electron chi connectivity index (χ0n) is 18.9. The first-order valence-corrected chi connectivity index (χ1v) is 11.6. The molecule has 0 bridgehead atoms. The van der Waals surface area contributed by atoms with Crippen LogP contribution in [0.3, 0.4) is 0 Å². The number of hydrogen-bond donors (Lipinski definition) is 1. The van der Waals surface area contributed by atoms with Gasteiger partial charge in [-0.2, -0.15) is 0 Å². The van der Waals surface area contributed by atoms with Gasteiger partial charge in [0.25, 0.3) is 0 Å². The van der Waals surface area contributed by atoms with Gasteiger partial charge in [0.15, 0.2) is 11.8 Å². The van der Waals surface area contributed by atoms with Gasteiger partial charge < -0.3 is 14.8 Å². The molecule has 4 aromatic carbocycles. The van der Waals surface area contributed by atoms with E-state index >= 15 is 0 Å². The summed E-state index contributed by atoms with van der Waals surface area (Å²) in [6.07, 6.45) is 0.0443. The number of nitrogens with one attached hydrogen (secondary N) is 1. The summed E-state index contributed by atoms with van der Waals surface area (Å²) in [6, 6.07) is 36.4. The number of cyclic esters (lactones) is 1. The number of hydrogen-bond acceptors (Lipinski definition) is 4. The van der Waals surface area contributed by atoms with Crippen molar-refractivity contribution in [2.75, 3.05) is 5.32 Å². The van der Waals surface area contributed by atoms with Crippen molar-refractivity contribution in [3.8, 4) is 0 Å². The van der Waals surface area contributed by atoms with E-state index in [1.165, 1.54) is 0 Å². The van der Waals surface area contributed by atoms with Gasteiger partial charge in [-0.25, -0.2) is 4.79 Å². The van der Waals surface area contributed by atoms with Crippen molar-refractivity contribution in [1.82, 2.24) is 0 Å². The molecule has 0 radical (unpaired) electrons. The lowest BCUT2D eigenvalue weighted by molar-refractivity contribution is -0.161. The summed E-state index contributed by atoms with van der Waals surface area (Å²) in [7, 11) is 0. The Labute approximate surface area is 199 Å². The Morgan fingerprint density at radius 2 is 1.35 bits per heavy atom. The summed E-state index contributed by atoms with van der Waals surface area (Å²) in [6.45, 7) is 1.98. The fraction of sp³-hybridized carbons (Fsp3) is 0.167. The molecule has 168 valence electrons. The molecule has 0 aromatic heterocycles. The van der Waals surface area contributed by atoms with Crippen LogP contribution in [0.2, 0.25) is 0 Å². The van der Waals surface area contributed by atoms with Crippen LogP contribution in [0.25, 0.3) is 0 Å². The molecule has 0 spiro atoms. The molecule has 0 saturated carbocycles. The minimum atomic E-state index is -0.983. The molecule has 0 fully saturated rings. The first kappa shape index (κ1) is 20.7. The Morgan fingerprint density at radius 1 is 0.765 bits per heavy atom. The number of esters is 1. The van der Waals surface area contributed by atoms with E-state index in [0.717, 1.165) is 27.9 Å². The molecular formula is C30H25NO3. The van der Waals surface area contributed by atoms with Crippen LogP contribution < -0.4 is 5.32 Å². The summed E-state index contributed by atoms with van der Waals surface area (Å²) in [5.41, 5.74) is 3.74. The highest BCUT2D eigenvalue weighted by Crippen LogP contribution is 2.51. The third kappa shape index (κ3) is 3.14. The van der Waals surface area contributed by atoms with Gasteiger partial charge in [-0.15, -0.1) is 0 Å². The summed E-state index contributed by atoms with van der Waals surface area (Å²) in [5.74, 6) is -0.317. The maximum absolute atomic E-state index is 12.9. The fourth-order valence-corrected chi connectivity index (χ4v) is 5.29. The Hall–Kier alpha value is -3.89. The molecule has 0 amide bonds. The van der Waals surface area contributed by atoms with Crippen LogP contribution in [0.4, 0.5) is 5.69 Å². The third-order valence-corrected chi connectivity index (χ3v) is 6.92. The van der Waals surface area contributed by atoms with Crippen molar-refractivity contribution in [1.29, 1.82) is 0 Å². The van der Waals surface area contributed by atoms with Crippen LogP contribution in [0, 0.1) is 0 Å². The van der Waals surface area contributed by atoms with Crippen molar-refractivity contribution in [2.45, 2.75) is 30.8 Å². The van der Waals surface area contributed by atoms with Gasteiger partial charge >= 0.3 is 5.97 Å². The highest BCUT2D eigenvalue weighted by atomic mass is 16.6. The molecule has 0 unspecified atom stereocenters. The molecular weight excluding hydrogens is 422 g/mol. The van der Waals surface area contributed by atoms with Gasteiger partial charge in [-0.05, 0) is 35.7 Å². The monoisotopic (exact) mass is 447 g/mol. The van der Waals surface area contributed by atoms with Gasteiger partial charge in [0.2, 0.25) is 0 Å². The first-order valence-electron chi connectivity index (χ1n) is 11.6. The Balaban J connectivity index is 1.55. The molecule has 4 heteroatoms. The highest BCUT2D eigenvalue weighted by molar-refractivity contribution is 5.92. The Bertz CT molecular complexity index is 1310. The smallest absolute Gasteiger partial charge is 0.338 e. The summed E-state index contributed by atoms with van der Waals surface area (Å²) >= 11 is 0. The van der Waals surface area contributed by atoms with Crippen molar-refractivity contribution in [2.24, 2.45) is 0 Å². The van der Waals surface area contributed by atoms with Crippen LogP contribution in [0.1, 0.15) is 39.5 Å². The number of para-hydroxylation sites is 1. The molecule has 2 aliphatic rings. The Kier molecular flexibility index (Phi) is 4.78. The van der Waals surface area contributed by atoms with Crippen LogP contribution in [-0.4, -0.2) is 17.8 Å². The molecule has 0 saturated heterocycles. The topological polar surface area (TPSA) is 47.6 Å². The number of carbonyl (C=O) groups is 1. The van der Waals surface area contributed by atoms with E-state index in [9.17, 15) is 4.79 Å². The van der Waals surface area contributed by atoms with Crippen LogP contribution >= 0.6 is 0 Å². The predicted molar refractivity (Wildman–Crippen MR) is 132 cm³/mol. The van der Waals surface area contributed by atoms with Crippen molar-refractivity contribution >= 4 is 11.7 Å². The predicted octanol–water partition coefficient (Wildman–Crippen LogP) is 5.92. The van der Waals surface area contributed by atoms with Crippen molar-refractivity contribution in [3.63, 3.8) is 0 Å². The molecule has 6 rings (SSSR count). The van der Waals surface area contributed by atoms with E-state index in [1.807, 2.05) is 79.7 Å². The number of anilines is 1.